The number of benzene rings is 1. The lowest BCUT2D eigenvalue weighted by atomic mass is 9.73. The highest BCUT2D eigenvalue weighted by Gasteiger charge is 2.67. The quantitative estimate of drug-likeness (QED) is 0.536. The summed E-state index contributed by atoms with van der Waals surface area (Å²) < 4.78 is 33.6. The molecule has 26 heavy (non-hydrogen) atoms. The van der Waals surface area contributed by atoms with Gasteiger partial charge in [0.2, 0.25) is 0 Å². The molecule has 2 nitrogen and oxygen atoms in total. The number of rotatable bonds is 5. The molecule has 4 rings (SSSR count). The molecule has 2 aliphatic carbocycles. The van der Waals surface area contributed by atoms with Crippen LogP contribution < -0.4 is 0 Å². The summed E-state index contributed by atoms with van der Waals surface area (Å²) in [5.74, 6) is -1.04. The summed E-state index contributed by atoms with van der Waals surface area (Å²) in [5, 5.41) is 0. The Morgan fingerprint density at radius 3 is 2.65 bits per heavy atom. The SMILES string of the molecule is C/C(=C\CC[C@@]1(C(F)F)OC(=O)C2C3C=CC(C3)C21)c1ccc(C)cc1. The molecule has 1 aromatic carbocycles. The fraction of sp³-hybridized carbons (Fsp3) is 0.500. The zero-order chi connectivity index (χ0) is 18.5. The number of fused-ring (bicyclic) bond motifs is 5. The molecule has 0 N–H and O–H groups in total. The predicted molar refractivity (Wildman–Crippen MR) is 96.6 cm³/mol. The summed E-state index contributed by atoms with van der Waals surface area (Å²) in [6.07, 6.45) is 4.83. The van der Waals surface area contributed by atoms with Crippen molar-refractivity contribution in [3.05, 3.63) is 53.6 Å². The van der Waals surface area contributed by atoms with Gasteiger partial charge in [0.25, 0.3) is 6.43 Å². The van der Waals surface area contributed by atoms with Crippen molar-refractivity contribution in [3.8, 4) is 0 Å². The van der Waals surface area contributed by atoms with Crippen LogP contribution in [0.25, 0.3) is 5.57 Å². The number of carbonyl (C=O) groups excluding carboxylic acids is 1. The lowest BCUT2D eigenvalue weighted by molar-refractivity contribution is -0.171. The molecule has 1 heterocycles. The standard InChI is InChI=1S/C22H24F2O2/c1-13-5-7-15(8-6-13)14(2)4-3-11-22(21(23)24)19-17-10-9-16(12-17)18(19)20(25)26-22/h4-10,16-19,21H,3,11-12H2,1-2H3/b14-4+/t16?,17?,18?,19?,22-/m1/s1. The first kappa shape index (κ1) is 17.4. The molecule has 0 aromatic heterocycles. The fourth-order valence-corrected chi connectivity index (χ4v) is 5.10. The number of allylic oxidation sites excluding steroid dienone is 4. The first-order valence-corrected chi connectivity index (χ1v) is 9.35. The second-order valence-corrected chi connectivity index (χ2v) is 7.97. The third-order valence-corrected chi connectivity index (χ3v) is 6.45. The highest BCUT2D eigenvalue weighted by Crippen LogP contribution is 2.60. The molecule has 2 fully saturated rings. The second-order valence-electron chi connectivity index (χ2n) is 7.97. The normalized spacial score (nSPS) is 35.3. The van der Waals surface area contributed by atoms with E-state index in [0.717, 1.165) is 17.6 Å². The van der Waals surface area contributed by atoms with Crippen LogP contribution in [-0.4, -0.2) is 18.0 Å². The van der Waals surface area contributed by atoms with E-state index in [0.29, 0.717) is 6.42 Å². The Kier molecular flexibility index (Phi) is 4.25. The van der Waals surface area contributed by atoms with E-state index in [1.165, 1.54) is 5.56 Å². The number of esters is 1. The molecule has 1 aromatic rings. The summed E-state index contributed by atoms with van der Waals surface area (Å²) in [6, 6.07) is 8.16. The minimum Gasteiger partial charge on any atom is -0.452 e. The molecule has 2 bridgehead atoms. The largest absolute Gasteiger partial charge is 0.452 e. The predicted octanol–water partition coefficient (Wildman–Crippen LogP) is 5.18. The van der Waals surface area contributed by atoms with Gasteiger partial charge >= 0.3 is 5.97 Å². The number of ether oxygens (including phenoxy) is 1. The van der Waals surface area contributed by atoms with Crippen molar-refractivity contribution in [2.45, 2.75) is 45.1 Å². The highest BCUT2D eigenvalue weighted by atomic mass is 19.3. The van der Waals surface area contributed by atoms with Crippen LogP contribution in [0.4, 0.5) is 8.78 Å². The molecule has 138 valence electrons. The maximum absolute atomic E-state index is 14.1. The van der Waals surface area contributed by atoms with Crippen LogP contribution in [-0.2, 0) is 9.53 Å². The number of cyclic esters (lactones) is 1. The molecule has 5 atom stereocenters. The summed E-state index contributed by atoms with van der Waals surface area (Å²) >= 11 is 0. The highest BCUT2D eigenvalue weighted by molar-refractivity contribution is 5.78. The van der Waals surface area contributed by atoms with Gasteiger partial charge in [0.15, 0.2) is 5.60 Å². The fourth-order valence-electron chi connectivity index (χ4n) is 5.10. The molecule has 4 unspecified atom stereocenters. The van der Waals surface area contributed by atoms with E-state index in [-0.39, 0.29) is 30.1 Å². The average molecular weight is 358 g/mol. The third-order valence-electron chi connectivity index (χ3n) is 6.45. The van der Waals surface area contributed by atoms with Crippen LogP contribution in [0.2, 0.25) is 0 Å². The lowest BCUT2D eigenvalue weighted by Crippen LogP contribution is -2.45. The van der Waals surface area contributed by atoms with Crippen LogP contribution in [0, 0.1) is 30.6 Å². The maximum Gasteiger partial charge on any atom is 0.310 e. The molecule has 0 radical (unpaired) electrons. The Labute approximate surface area is 152 Å². The lowest BCUT2D eigenvalue weighted by Gasteiger charge is -2.35. The average Bonchev–Trinajstić information content (AvgIpc) is 3.29. The molecule has 1 saturated heterocycles. The minimum atomic E-state index is -2.65. The molecule has 0 spiro atoms. The van der Waals surface area contributed by atoms with E-state index in [1.54, 1.807) is 0 Å². The van der Waals surface area contributed by atoms with Crippen molar-refractivity contribution >= 4 is 11.5 Å². The van der Waals surface area contributed by atoms with E-state index < -0.39 is 18.0 Å². The zero-order valence-electron chi connectivity index (χ0n) is 15.1. The van der Waals surface area contributed by atoms with Gasteiger partial charge in [-0.3, -0.25) is 4.79 Å². The number of alkyl halides is 2. The van der Waals surface area contributed by atoms with E-state index in [2.05, 4.69) is 0 Å². The number of aryl methyl sites for hydroxylation is 1. The van der Waals surface area contributed by atoms with Crippen molar-refractivity contribution in [1.29, 1.82) is 0 Å². The van der Waals surface area contributed by atoms with Crippen LogP contribution >= 0.6 is 0 Å². The topological polar surface area (TPSA) is 26.3 Å². The van der Waals surface area contributed by atoms with Crippen molar-refractivity contribution in [2.24, 2.45) is 23.7 Å². The Balaban J connectivity index is 1.53. The van der Waals surface area contributed by atoms with Crippen molar-refractivity contribution < 1.29 is 18.3 Å². The Hall–Kier alpha value is -1.97. The van der Waals surface area contributed by atoms with Gasteiger partial charge in [0.1, 0.15) is 0 Å². The number of halogens is 2. The number of hydrogen-bond acceptors (Lipinski definition) is 2. The molecule has 3 aliphatic rings. The first-order valence-electron chi connectivity index (χ1n) is 9.35. The van der Waals surface area contributed by atoms with Crippen LogP contribution in [0.3, 0.4) is 0 Å². The molecule has 1 aliphatic heterocycles. The van der Waals surface area contributed by atoms with E-state index in [1.807, 2.05) is 56.3 Å². The van der Waals surface area contributed by atoms with Crippen LogP contribution in [0.1, 0.15) is 37.3 Å². The summed E-state index contributed by atoms with van der Waals surface area (Å²) in [4.78, 5) is 12.3. The van der Waals surface area contributed by atoms with Gasteiger partial charge in [0.05, 0.1) is 5.92 Å². The van der Waals surface area contributed by atoms with Crippen molar-refractivity contribution in [3.63, 3.8) is 0 Å². The summed E-state index contributed by atoms with van der Waals surface area (Å²) in [6.45, 7) is 4.02. The smallest absolute Gasteiger partial charge is 0.310 e. The number of carbonyl (C=O) groups is 1. The zero-order valence-corrected chi connectivity index (χ0v) is 15.1. The molecule has 4 heteroatoms. The van der Waals surface area contributed by atoms with Crippen LogP contribution in [0.5, 0.6) is 0 Å². The van der Waals surface area contributed by atoms with Gasteiger partial charge in [-0.2, -0.15) is 0 Å². The molecule has 1 saturated carbocycles. The van der Waals surface area contributed by atoms with Crippen LogP contribution in [0.15, 0.2) is 42.5 Å². The van der Waals surface area contributed by atoms with Gasteiger partial charge in [0, 0.05) is 5.92 Å². The van der Waals surface area contributed by atoms with Crippen molar-refractivity contribution in [1.82, 2.24) is 0 Å². The Morgan fingerprint density at radius 1 is 1.27 bits per heavy atom. The minimum absolute atomic E-state index is 0.0487. The van der Waals surface area contributed by atoms with Crippen molar-refractivity contribution in [2.75, 3.05) is 0 Å². The van der Waals surface area contributed by atoms with Gasteiger partial charge < -0.3 is 4.74 Å². The summed E-state index contributed by atoms with van der Waals surface area (Å²) in [5.41, 5.74) is 1.70. The van der Waals surface area contributed by atoms with E-state index >= 15 is 0 Å². The van der Waals surface area contributed by atoms with Gasteiger partial charge in [-0.1, -0.05) is 48.1 Å². The maximum atomic E-state index is 14.1. The van der Waals surface area contributed by atoms with Gasteiger partial charge in [-0.05, 0) is 56.1 Å². The monoisotopic (exact) mass is 358 g/mol. The second kappa shape index (κ2) is 6.33. The Morgan fingerprint density at radius 2 is 1.96 bits per heavy atom. The first-order chi connectivity index (χ1) is 12.4. The third kappa shape index (κ3) is 2.62. The Bertz CT molecular complexity index is 765. The summed E-state index contributed by atoms with van der Waals surface area (Å²) in [7, 11) is 0. The number of hydrogen-bond donors (Lipinski definition) is 0. The molecule has 0 amide bonds. The van der Waals surface area contributed by atoms with Gasteiger partial charge in [-0.25, -0.2) is 8.78 Å². The molecular weight excluding hydrogens is 334 g/mol. The van der Waals surface area contributed by atoms with Gasteiger partial charge in [-0.15, -0.1) is 0 Å². The van der Waals surface area contributed by atoms with E-state index in [4.69, 9.17) is 4.74 Å². The van der Waals surface area contributed by atoms with E-state index in [9.17, 15) is 13.6 Å². The molecular formula is C22H24F2O2.